The third-order valence-electron chi connectivity index (χ3n) is 3.17. The van der Waals surface area contributed by atoms with Crippen molar-refractivity contribution < 1.29 is 0 Å². The van der Waals surface area contributed by atoms with Gasteiger partial charge < -0.3 is 10.2 Å². The highest BCUT2D eigenvalue weighted by atomic mass is 79.9. The van der Waals surface area contributed by atoms with Gasteiger partial charge in [-0.25, -0.2) is 0 Å². The van der Waals surface area contributed by atoms with E-state index in [9.17, 15) is 0 Å². The van der Waals surface area contributed by atoms with E-state index in [2.05, 4.69) is 75.8 Å². The third kappa shape index (κ3) is 4.33. The van der Waals surface area contributed by atoms with Crippen molar-refractivity contribution in [2.75, 3.05) is 18.5 Å². The van der Waals surface area contributed by atoms with Crippen LogP contribution in [0.1, 0.15) is 23.8 Å². The standard InChI is InChI=1S/C16H21BrN2S/c1-3-8-18-11-13-6-7-14(17)10-16(13)19(2)12-15-5-4-9-20-15/h4-7,9-10,18H,3,8,11-12H2,1-2H3. The molecule has 0 saturated carbocycles. The molecule has 0 fully saturated rings. The van der Waals surface area contributed by atoms with E-state index >= 15 is 0 Å². The van der Waals surface area contributed by atoms with Crippen molar-refractivity contribution in [1.29, 1.82) is 0 Å². The number of thiophene rings is 1. The van der Waals surface area contributed by atoms with Crippen LogP contribution in [-0.2, 0) is 13.1 Å². The Hall–Kier alpha value is -0.840. The summed E-state index contributed by atoms with van der Waals surface area (Å²) in [5, 5.41) is 5.62. The molecule has 0 spiro atoms. The molecule has 1 N–H and O–H groups in total. The van der Waals surface area contributed by atoms with Crippen molar-refractivity contribution in [3.05, 3.63) is 50.6 Å². The highest BCUT2D eigenvalue weighted by Gasteiger charge is 2.09. The van der Waals surface area contributed by atoms with Gasteiger partial charge in [-0.2, -0.15) is 0 Å². The molecule has 2 nitrogen and oxygen atoms in total. The van der Waals surface area contributed by atoms with Crippen LogP contribution in [0.4, 0.5) is 5.69 Å². The summed E-state index contributed by atoms with van der Waals surface area (Å²) in [7, 11) is 2.16. The third-order valence-corrected chi connectivity index (χ3v) is 4.53. The smallest absolute Gasteiger partial charge is 0.0519 e. The van der Waals surface area contributed by atoms with Crippen LogP contribution in [0.25, 0.3) is 0 Å². The van der Waals surface area contributed by atoms with E-state index in [1.807, 2.05) is 11.3 Å². The minimum atomic E-state index is 0.922. The Morgan fingerprint density at radius 2 is 2.15 bits per heavy atom. The van der Waals surface area contributed by atoms with E-state index < -0.39 is 0 Å². The van der Waals surface area contributed by atoms with Crippen molar-refractivity contribution in [2.24, 2.45) is 0 Å². The number of hydrogen-bond acceptors (Lipinski definition) is 3. The maximum absolute atomic E-state index is 3.58. The summed E-state index contributed by atoms with van der Waals surface area (Å²) in [4.78, 5) is 3.71. The maximum atomic E-state index is 3.58. The van der Waals surface area contributed by atoms with Crippen LogP contribution in [-0.4, -0.2) is 13.6 Å². The van der Waals surface area contributed by atoms with Gasteiger partial charge in [0.25, 0.3) is 0 Å². The van der Waals surface area contributed by atoms with Gasteiger partial charge in [-0.3, -0.25) is 0 Å². The first-order valence-corrected chi connectivity index (χ1v) is 8.60. The minimum absolute atomic E-state index is 0.922. The average molecular weight is 353 g/mol. The van der Waals surface area contributed by atoms with Crippen LogP contribution in [0, 0.1) is 0 Å². The van der Waals surface area contributed by atoms with Gasteiger partial charge in [0.1, 0.15) is 0 Å². The van der Waals surface area contributed by atoms with Gasteiger partial charge in [0.15, 0.2) is 0 Å². The van der Waals surface area contributed by atoms with Crippen molar-refractivity contribution in [1.82, 2.24) is 5.32 Å². The van der Waals surface area contributed by atoms with Crippen molar-refractivity contribution in [3.8, 4) is 0 Å². The number of halogens is 1. The van der Waals surface area contributed by atoms with Crippen molar-refractivity contribution >= 4 is 33.0 Å². The highest BCUT2D eigenvalue weighted by molar-refractivity contribution is 9.10. The van der Waals surface area contributed by atoms with E-state index in [4.69, 9.17) is 0 Å². The first-order chi connectivity index (χ1) is 9.70. The van der Waals surface area contributed by atoms with Gasteiger partial charge in [0.2, 0.25) is 0 Å². The van der Waals surface area contributed by atoms with Gasteiger partial charge >= 0.3 is 0 Å². The fourth-order valence-electron chi connectivity index (χ4n) is 2.16. The van der Waals surface area contributed by atoms with Crippen LogP contribution in [0.5, 0.6) is 0 Å². The van der Waals surface area contributed by atoms with E-state index in [1.54, 1.807) is 0 Å². The molecule has 0 unspecified atom stereocenters. The Balaban J connectivity index is 2.13. The van der Waals surface area contributed by atoms with Gasteiger partial charge in [-0.1, -0.05) is 35.0 Å². The van der Waals surface area contributed by atoms with Crippen LogP contribution >= 0.6 is 27.3 Å². The molecule has 1 heterocycles. The predicted octanol–water partition coefficient (Wildman–Crippen LogP) is 4.65. The lowest BCUT2D eigenvalue weighted by Gasteiger charge is -2.22. The summed E-state index contributed by atoms with van der Waals surface area (Å²) >= 11 is 5.39. The molecule has 20 heavy (non-hydrogen) atoms. The average Bonchev–Trinajstić information content (AvgIpc) is 2.93. The van der Waals surface area contributed by atoms with Crippen LogP contribution in [0.2, 0.25) is 0 Å². The zero-order chi connectivity index (χ0) is 14.4. The molecule has 0 amide bonds. The molecule has 0 bridgehead atoms. The second-order valence-electron chi connectivity index (χ2n) is 4.89. The molecule has 108 valence electrons. The number of hydrogen-bond donors (Lipinski definition) is 1. The Labute approximate surface area is 133 Å². The largest absolute Gasteiger partial charge is 0.369 e. The molecule has 2 aromatic rings. The zero-order valence-electron chi connectivity index (χ0n) is 12.0. The molecule has 4 heteroatoms. The topological polar surface area (TPSA) is 15.3 Å². The molecule has 2 rings (SSSR count). The van der Waals surface area contributed by atoms with Gasteiger partial charge in [0, 0.05) is 28.6 Å². The number of anilines is 1. The van der Waals surface area contributed by atoms with Crippen molar-refractivity contribution in [3.63, 3.8) is 0 Å². The summed E-state index contributed by atoms with van der Waals surface area (Å²) < 4.78 is 1.13. The normalized spacial score (nSPS) is 10.8. The second-order valence-corrected chi connectivity index (χ2v) is 6.83. The second kappa shape index (κ2) is 7.81. The first kappa shape index (κ1) is 15.5. The minimum Gasteiger partial charge on any atom is -0.369 e. The summed E-state index contributed by atoms with van der Waals surface area (Å²) in [6.45, 7) is 5.13. The molecular formula is C16H21BrN2S. The van der Waals surface area contributed by atoms with Gasteiger partial charge in [0.05, 0.1) is 6.54 Å². The van der Waals surface area contributed by atoms with E-state index in [1.165, 1.54) is 16.1 Å². The monoisotopic (exact) mass is 352 g/mol. The fraction of sp³-hybridized carbons (Fsp3) is 0.375. The summed E-state index contributed by atoms with van der Waals surface area (Å²) in [6, 6.07) is 10.8. The number of nitrogens with one attached hydrogen (secondary N) is 1. The molecule has 1 aromatic carbocycles. The molecule has 0 aliphatic rings. The van der Waals surface area contributed by atoms with E-state index in [0.717, 1.165) is 30.5 Å². The molecule has 0 aliphatic carbocycles. The Bertz CT molecular complexity index is 525. The number of nitrogens with zero attached hydrogens (tertiary/aromatic N) is 1. The molecule has 1 aromatic heterocycles. The highest BCUT2D eigenvalue weighted by Crippen LogP contribution is 2.26. The SMILES string of the molecule is CCCNCc1ccc(Br)cc1N(C)Cc1cccs1. The Kier molecular flexibility index (Phi) is 6.07. The quantitative estimate of drug-likeness (QED) is 0.729. The van der Waals surface area contributed by atoms with Crippen molar-refractivity contribution in [2.45, 2.75) is 26.4 Å². The first-order valence-electron chi connectivity index (χ1n) is 6.93. The molecule has 0 saturated heterocycles. The van der Waals surface area contributed by atoms with Crippen LogP contribution < -0.4 is 10.2 Å². The maximum Gasteiger partial charge on any atom is 0.0519 e. The number of benzene rings is 1. The summed E-state index contributed by atoms with van der Waals surface area (Å²) in [6.07, 6.45) is 1.16. The fourth-order valence-corrected chi connectivity index (χ4v) is 3.27. The van der Waals surface area contributed by atoms with Crippen LogP contribution in [0.15, 0.2) is 40.2 Å². The lowest BCUT2D eigenvalue weighted by molar-refractivity contribution is 0.674. The lowest BCUT2D eigenvalue weighted by atomic mass is 10.1. The molecule has 0 aliphatic heterocycles. The van der Waals surface area contributed by atoms with Gasteiger partial charge in [-0.05, 0) is 42.1 Å². The van der Waals surface area contributed by atoms with E-state index in [0.29, 0.717) is 0 Å². The summed E-state index contributed by atoms with van der Waals surface area (Å²) in [5.41, 5.74) is 2.64. The molecular weight excluding hydrogens is 332 g/mol. The molecule has 0 atom stereocenters. The van der Waals surface area contributed by atoms with Gasteiger partial charge in [-0.15, -0.1) is 11.3 Å². The Morgan fingerprint density at radius 1 is 1.30 bits per heavy atom. The molecule has 0 radical (unpaired) electrons. The van der Waals surface area contributed by atoms with Crippen LogP contribution in [0.3, 0.4) is 0 Å². The Morgan fingerprint density at radius 3 is 2.85 bits per heavy atom. The summed E-state index contributed by atoms with van der Waals surface area (Å²) in [5.74, 6) is 0. The number of rotatable bonds is 7. The predicted molar refractivity (Wildman–Crippen MR) is 92.6 cm³/mol. The van der Waals surface area contributed by atoms with E-state index in [-0.39, 0.29) is 0 Å². The zero-order valence-corrected chi connectivity index (χ0v) is 14.4. The lowest BCUT2D eigenvalue weighted by Crippen LogP contribution is -2.20.